The van der Waals surface area contributed by atoms with E-state index in [0.717, 1.165) is 18.9 Å². The minimum atomic E-state index is -0.800. The maximum Gasteiger partial charge on any atom is 0.315 e. The molecule has 2 rings (SSSR count). The van der Waals surface area contributed by atoms with Gasteiger partial charge in [0.15, 0.2) is 0 Å². The van der Waals surface area contributed by atoms with Crippen LogP contribution < -0.4 is 16.0 Å². The molecule has 1 atom stereocenters. The van der Waals surface area contributed by atoms with Gasteiger partial charge in [-0.1, -0.05) is 27.2 Å². The number of nitrogens with one attached hydrogen (secondary N) is 4. The maximum absolute atomic E-state index is 13.6. The summed E-state index contributed by atoms with van der Waals surface area (Å²) in [5.41, 5.74) is 0.111. The largest absolute Gasteiger partial charge is 0.338 e. The van der Waals surface area contributed by atoms with Crippen molar-refractivity contribution in [2.45, 2.75) is 52.0 Å². The summed E-state index contributed by atoms with van der Waals surface area (Å²) in [5.74, 6) is -1.46. The number of carbonyl (C=O) groups is 2. The van der Waals surface area contributed by atoms with Crippen LogP contribution in [0.3, 0.4) is 0 Å². The number of H-pyrrole nitrogens is 1. The van der Waals surface area contributed by atoms with Crippen molar-refractivity contribution in [2.75, 3.05) is 11.9 Å². The molecule has 1 heterocycles. The van der Waals surface area contributed by atoms with Crippen LogP contribution in [0.4, 0.5) is 19.4 Å². The standard InChI is InChI=1S/C20H27F2N5O2/c1-5-6-7-23-19(29)24-12(2)18(28)25-17-11-16(26-27-17)20(3,4)13-8-14(21)10-15(22)9-13/h8-12H,5-7H2,1-4H3,(H2,23,24,29)(H2,25,26,27,28)/t12-/m0/s1. The number of aromatic nitrogens is 2. The second-order valence-electron chi connectivity index (χ2n) is 7.41. The number of unbranched alkanes of at least 4 members (excludes halogenated alkanes) is 1. The van der Waals surface area contributed by atoms with Crippen LogP contribution in [0, 0.1) is 11.6 Å². The van der Waals surface area contributed by atoms with E-state index in [0.29, 0.717) is 23.6 Å². The minimum Gasteiger partial charge on any atom is -0.338 e. The first kappa shape index (κ1) is 22.3. The maximum atomic E-state index is 13.6. The van der Waals surface area contributed by atoms with Gasteiger partial charge in [-0.15, -0.1) is 0 Å². The van der Waals surface area contributed by atoms with Crippen molar-refractivity contribution >= 4 is 17.8 Å². The molecule has 9 heteroatoms. The fourth-order valence-corrected chi connectivity index (χ4v) is 2.70. The van der Waals surface area contributed by atoms with E-state index in [4.69, 9.17) is 0 Å². The van der Waals surface area contributed by atoms with E-state index in [1.54, 1.807) is 26.8 Å². The number of hydrogen-bond acceptors (Lipinski definition) is 3. The highest BCUT2D eigenvalue weighted by Crippen LogP contribution is 2.32. The number of carbonyl (C=O) groups excluding carboxylic acids is 2. The van der Waals surface area contributed by atoms with Crippen LogP contribution in [0.1, 0.15) is 51.8 Å². The highest BCUT2D eigenvalue weighted by atomic mass is 19.1. The van der Waals surface area contributed by atoms with Crippen molar-refractivity contribution in [1.29, 1.82) is 0 Å². The fourth-order valence-electron chi connectivity index (χ4n) is 2.70. The lowest BCUT2D eigenvalue weighted by molar-refractivity contribution is -0.117. The molecule has 3 amide bonds. The van der Waals surface area contributed by atoms with Crippen molar-refractivity contribution in [1.82, 2.24) is 20.8 Å². The van der Waals surface area contributed by atoms with Crippen LogP contribution in [0.25, 0.3) is 0 Å². The molecule has 4 N–H and O–H groups in total. The molecule has 0 radical (unpaired) electrons. The lowest BCUT2D eigenvalue weighted by Gasteiger charge is -2.23. The number of anilines is 1. The van der Waals surface area contributed by atoms with Crippen LogP contribution in [0.15, 0.2) is 24.3 Å². The van der Waals surface area contributed by atoms with E-state index >= 15 is 0 Å². The quantitative estimate of drug-likeness (QED) is 0.505. The first-order chi connectivity index (χ1) is 13.6. The van der Waals surface area contributed by atoms with Gasteiger partial charge in [-0.3, -0.25) is 9.89 Å². The summed E-state index contributed by atoms with van der Waals surface area (Å²) >= 11 is 0. The lowest BCUT2D eigenvalue weighted by Crippen LogP contribution is -2.46. The zero-order chi connectivity index (χ0) is 21.6. The van der Waals surface area contributed by atoms with Crippen LogP contribution >= 0.6 is 0 Å². The fraction of sp³-hybridized carbons (Fsp3) is 0.450. The van der Waals surface area contributed by atoms with E-state index in [-0.39, 0.29) is 0 Å². The SMILES string of the molecule is CCCCNC(=O)N[C@@H](C)C(=O)Nc1cc(C(C)(C)c2cc(F)cc(F)c2)n[nH]1. The molecule has 7 nitrogen and oxygen atoms in total. The van der Waals surface area contributed by atoms with Gasteiger partial charge < -0.3 is 16.0 Å². The predicted octanol–water partition coefficient (Wildman–Crippen LogP) is 3.44. The molecule has 158 valence electrons. The number of nitrogens with zero attached hydrogens (tertiary/aromatic N) is 1. The average molecular weight is 407 g/mol. The van der Waals surface area contributed by atoms with Gasteiger partial charge in [-0.2, -0.15) is 5.10 Å². The topological polar surface area (TPSA) is 98.9 Å². The number of aromatic amines is 1. The summed E-state index contributed by atoms with van der Waals surface area (Å²) < 4.78 is 27.2. The number of hydrogen-bond donors (Lipinski definition) is 4. The number of benzene rings is 1. The zero-order valence-corrected chi connectivity index (χ0v) is 17.0. The second kappa shape index (κ2) is 9.49. The summed E-state index contributed by atoms with van der Waals surface area (Å²) in [6.45, 7) is 7.66. The third-order valence-corrected chi connectivity index (χ3v) is 4.62. The van der Waals surface area contributed by atoms with Crippen LogP contribution in [-0.2, 0) is 10.2 Å². The van der Waals surface area contributed by atoms with Crippen molar-refractivity contribution in [3.8, 4) is 0 Å². The molecule has 1 aromatic heterocycles. The summed E-state index contributed by atoms with van der Waals surface area (Å²) in [4.78, 5) is 24.0. The normalized spacial score (nSPS) is 12.3. The molecule has 0 aliphatic carbocycles. The van der Waals surface area contributed by atoms with Gasteiger partial charge in [-0.05, 0) is 31.0 Å². The van der Waals surface area contributed by atoms with Gasteiger partial charge >= 0.3 is 6.03 Å². The third-order valence-electron chi connectivity index (χ3n) is 4.62. The van der Waals surface area contributed by atoms with Gasteiger partial charge in [0.25, 0.3) is 0 Å². The molecule has 2 aromatic rings. The van der Waals surface area contributed by atoms with Crippen LogP contribution in [-0.4, -0.2) is 34.7 Å². The van der Waals surface area contributed by atoms with Gasteiger partial charge in [-0.25, -0.2) is 13.6 Å². The Bertz CT molecular complexity index is 846. The Hall–Kier alpha value is -2.97. The van der Waals surface area contributed by atoms with Crippen molar-refractivity contribution in [2.24, 2.45) is 0 Å². The summed E-state index contributed by atoms with van der Waals surface area (Å²) in [6, 6.07) is 3.71. The Morgan fingerprint density at radius 3 is 2.45 bits per heavy atom. The second-order valence-corrected chi connectivity index (χ2v) is 7.41. The van der Waals surface area contributed by atoms with E-state index in [2.05, 4.69) is 26.1 Å². The molecule has 0 unspecified atom stereocenters. The molecule has 0 bridgehead atoms. The Balaban J connectivity index is 2.02. The molecule has 0 fully saturated rings. The van der Waals surface area contributed by atoms with Gasteiger partial charge in [0.1, 0.15) is 23.5 Å². The first-order valence-electron chi connectivity index (χ1n) is 9.51. The van der Waals surface area contributed by atoms with Crippen molar-refractivity contribution < 1.29 is 18.4 Å². The molecule has 0 saturated carbocycles. The Morgan fingerprint density at radius 2 is 1.83 bits per heavy atom. The number of rotatable bonds is 8. The lowest BCUT2D eigenvalue weighted by atomic mass is 9.81. The summed E-state index contributed by atoms with van der Waals surface area (Å²) in [5, 5.41) is 14.7. The number of urea groups is 1. The molecule has 1 aromatic carbocycles. The van der Waals surface area contributed by atoms with E-state index in [1.165, 1.54) is 12.1 Å². The number of halogens is 2. The zero-order valence-electron chi connectivity index (χ0n) is 17.0. The summed E-state index contributed by atoms with van der Waals surface area (Å²) in [6.07, 6.45) is 1.81. The minimum absolute atomic E-state index is 0.315. The van der Waals surface area contributed by atoms with Crippen LogP contribution in [0.2, 0.25) is 0 Å². The summed E-state index contributed by atoms with van der Waals surface area (Å²) in [7, 11) is 0. The average Bonchev–Trinajstić information content (AvgIpc) is 3.10. The molecule has 0 spiro atoms. The first-order valence-corrected chi connectivity index (χ1v) is 9.51. The predicted molar refractivity (Wildman–Crippen MR) is 107 cm³/mol. The number of amides is 3. The monoisotopic (exact) mass is 407 g/mol. The van der Waals surface area contributed by atoms with Crippen LogP contribution in [0.5, 0.6) is 0 Å². The van der Waals surface area contributed by atoms with Crippen molar-refractivity contribution in [3.63, 3.8) is 0 Å². The Kier molecular flexibility index (Phi) is 7.30. The Labute approximate surface area is 168 Å². The Morgan fingerprint density at radius 1 is 1.17 bits per heavy atom. The van der Waals surface area contributed by atoms with Gasteiger partial charge in [0.05, 0.1) is 5.69 Å². The van der Waals surface area contributed by atoms with Crippen molar-refractivity contribution in [3.05, 3.63) is 47.2 Å². The third kappa shape index (κ3) is 6.00. The molecule has 0 aliphatic heterocycles. The highest BCUT2D eigenvalue weighted by Gasteiger charge is 2.28. The molecule has 29 heavy (non-hydrogen) atoms. The molecular weight excluding hydrogens is 380 g/mol. The van der Waals surface area contributed by atoms with E-state index in [1.807, 2.05) is 6.92 Å². The molecular formula is C20H27F2N5O2. The molecule has 0 aliphatic rings. The highest BCUT2D eigenvalue weighted by molar-refractivity contribution is 5.96. The smallest absolute Gasteiger partial charge is 0.315 e. The van der Waals surface area contributed by atoms with E-state index in [9.17, 15) is 18.4 Å². The van der Waals surface area contributed by atoms with E-state index < -0.39 is 35.0 Å². The molecule has 0 saturated heterocycles. The van der Waals surface area contributed by atoms with Gasteiger partial charge in [0.2, 0.25) is 5.91 Å². The van der Waals surface area contributed by atoms with Gasteiger partial charge in [0, 0.05) is 24.1 Å².